The average Bonchev–Trinajstić information content (AvgIpc) is 2.37. The molecule has 0 bridgehead atoms. The van der Waals surface area contributed by atoms with Crippen molar-refractivity contribution < 1.29 is 9.18 Å². The summed E-state index contributed by atoms with van der Waals surface area (Å²) in [5.74, 6) is -0.359. The van der Waals surface area contributed by atoms with E-state index in [2.05, 4.69) is 31.9 Å². The fraction of sp³-hybridized carbons (Fsp3) is 0.133. The van der Waals surface area contributed by atoms with Crippen LogP contribution in [0.1, 0.15) is 21.5 Å². The van der Waals surface area contributed by atoms with Crippen LogP contribution in [0.4, 0.5) is 4.39 Å². The summed E-state index contributed by atoms with van der Waals surface area (Å²) in [6.45, 7) is 1.89. The third-order valence-corrected chi connectivity index (χ3v) is 4.56. The molecule has 0 aliphatic heterocycles. The van der Waals surface area contributed by atoms with Crippen LogP contribution in [0.25, 0.3) is 0 Å². The topological polar surface area (TPSA) is 17.1 Å². The van der Waals surface area contributed by atoms with Crippen LogP contribution in [0.5, 0.6) is 0 Å². The van der Waals surface area contributed by atoms with Gasteiger partial charge < -0.3 is 0 Å². The molecule has 4 heteroatoms. The number of hydrogen-bond donors (Lipinski definition) is 0. The number of benzene rings is 2. The van der Waals surface area contributed by atoms with Crippen LogP contribution in [0.15, 0.2) is 45.3 Å². The molecule has 0 radical (unpaired) electrons. The van der Waals surface area contributed by atoms with Crippen molar-refractivity contribution >= 4 is 37.6 Å². The second-order valence-electron chi connectivity index (χ2n) is 4.25. The van der Waals surface area contributed by atoms with Gasteiger partial charge in [0.1, 0.15) is 5.82 Å². The van der Waals surface area contributed by atoms with E-state index in [1.165, 1.54) is 12.1 Å². The third kappa shape index (κ3) is 3.31. The second-order valence-corrected chi connectivity index (χ2v) is 5.96. The van der Waals surface area contributed by atoms with Crippen LogP contribution in [0.2, 0.25) is 0 Å². The van der Waals surface area contributed by atoms with Crippen LogP contribution in [0, 0.1) is 12.7 Å². The quantitative estimate of drug-likeness (QED) is 0.673. The second kappa shape index (κ2) is 5.97. The predicted molar refractivity (Wildman–Crippen MR) is 81.0 cm³/mol. The smallest absolute Gasteiger partial charge is 0.167 e. The molecule has 98 valence electrons. The highest BCUT2D eigenvalue weighted by Gasteiger charge is 2.13. The third-order valence-electron chi connectivity index (χ3n) is 2.93. The summed E-state index contributed by atoms with van der Waals surface area (Å²) in [7, 11) is 0. The molecule has 2 aromatic carbocycles. The molecule has 1 nitrogen and oxygen atoms in total. The van der Waals surface area contributed by atoms with Crippen molar-refractivity contribution in [2.45, 2.75) is 13.3 Å². The number of halogens is 3. The van der Waals surface area contributed by atoms with Crippen molar-refractivity contribution in [1.29, 1.82) is 0 Å². The molecule has 0 N–H and O–H groups in total. The molecule has 0 aliphatic rings. The Balaban J connectivity index is 2.31. The van der Waals surface area contributed by atoms with Gasteiger partial charge in [-0.25, -0.2) is 4.39 Å². The molecule has 0 saturated heterocycles. The highest BCUT2D eigenvalue weighted by molar-refractivity contribution is 9.10. The number of carbonyl (C=O) groups excluding carboxylic acids is 1. The summed E-state index contributed by atoms with van der Waals surface area (Å²) in [4.78, 5) is 12.3. The van der Waals surface area contributed by atoms with Crippen molar-refractivity contribution in [1.82, 2.24) is 0 Å². The van der Waals surface area contributed by atoms with E-state index in [-0.39, 0.29) is 18.0 Å². The summed E-state index contributed by atoms with van der Waals surface area (Å²) in [5.41, 5.74) is 2.22. The molecule has 0 saturated carbocycles. The fourth-order valence-electron chi connectivity index (χ4n) is 1.86. The maximum absolute atomic E-state index is 13.2. The lowest BCUT2D eigenvalue weighted by atomic mass is 9.99. The Kier molecular flexibility index (Phi) is 4.53. The van der Waals surface area contributed by atoms with Crippen LogP contribution in [-0.4, -0.2) is 5.78 Å². The van der Waals surface area contributed by atoms with Gasteiger partial charge in [0.15, 0.2) is 5.78 Å². The maximum Gasteiger partial charge on any atom is 0.167 e. The van der Waals surface area contributed by atoms with Gasteiger partial charge in [0.05, 0.1) is 0 Å². The Labute approximate surface area is 128 Å². The minimum Gasteiger partial charge on any atom is -0.294 e. The van der Waals surface area contributed by atoms with Crippen molar-refractivity contribution in [2.75, 3.05) is 0 Å². The predicted octanol–water partition coefficient (Wildman–Crippen LogP) is 5.08. The summed E-state index contributed by atoms with van der Waals surface area (Å²) < 4.78 is 14.8. The standard InChI is InChI=1S/C15H11Br2FO/c1-9-12(3-2-4-13(9)16)15(19)8-10-7-11(18)5-6-14(10)17/h2-7H,8H2,1H3. The van der Waals surface area contributed by atoms with Crippen molar-refractivity contribution in [2.24, 2.45) is 0 Å². The first-order chi connectivity index (χ1) is 8.99. The number of carbonyl (C=O) groups is 1. The molecule has 0 atom stereocenters. The van der Waals surface area contributed by atoms with Crippen LogP contribution < -0.4 is 0 Å². The van der Waals surface area contributed by atoms with Gasteiger partial charge in [0, 0.05) is 20.9 Å². The zero-order valence-electron chi connectivity index (χ0n) is 10.2. The van der Waals surface area contributed by atoms with Gasteiger partial charge in [-0.1, -0.05) is 44.0 Å². The zero-order chi connectivity index (χ0) is 14.0. The van der Waals surface area contributed by atoms with Crippen molar-refractivity contribution in [3.05, 3.63) is 67.9 Å². The summed E-state index contributed by atoms with van der Waals surface area (Å²) in [6.07, 6.45) is 0.176. The minimum absolute atomic E-state index is 0.0231. The largest absolute Gasteiger partial charge is 0.294 e. The summed E-state index contributed by atoms with van der Waals surface area (Å²) in [5, 5.41) is 0. The molecule has 0 spiro atoms. The molecule has 2 rings (SSSR count). The summed E-state index contributed by atoms with van der Waals surface area (Å²) >= 11 is 6.74. The molecule has 19 heavy (non-hydrogen) atoms. The maximum atomic E-state index is 13.2. The van der Waals surface area contributed by atoms with Crippen LogP contribution >= 0.6 is 31.9 Å². The van der Waals surface area contributed by atoms with Crippen LogP contribution in [0.3, 0.4) is 0 Å². The van der Waals surface area contributed by atoms with Crippen molar-refractivity contribution in [3.63, 3.8) is 0 Å². The molecule has 0 unspecified atom stereocenters. The van der Waals surface area contributed by atoms with Gasteiger partial charge in [-0.2, -0.15) is 0 Å². The number of ketones is 1. The lowest BCUT2D eigenvalue weighted by Gasteiger charge is -2.08. The number of hydrogen-bond acceptors (Lipinski definition) is 1. The van der Waals surface area contributed by atoms with Gasteiger partial charge in [-0.05, 0) is 42.3 Å². The Morgan fingerprint density at radius 1 is 1.16 bits per heavy atom. The first-order valence-electron chi connectivity index (χ1n) is 5.71. The Morgan fingerprint density at radius 3 is 2.63 bits per heavy atom. The monoisotopic (exact) mass is 384 g/mol. The van der Waals surface area contributed by atoms with E-state index < -0.39 is 0 Å². The van der Waals surface area contributed by atoms with Gasteiger partial charge in [0.2, 0.25) is 0 Å². The van der Waals surface area contributed by atoms with E-state index in [9.17, 15) is 9.18 Å². The molecule has 0 aromatic heterocycles. The minimum atomic E-state index is -0.336. The van der Waals surface area contributed by atoms with Gasteiger partial charge >= 0.3 is 0 Å². The molecule has 0 heterocycles. The molecule has 2 aromatic rings. The average molecular weight is 386 g/mol. The van der Waals surface area contributed by atoms with E-state index in [1.807, 2.05) is 19.1 Å². The van der Waals surface area contributed by atoms with Crippen molar-refractivity contribution in [3.8, 4) is 0 Å². The SMILES string of the molecule is Cc1c(Br)cccc1C(=O)Cc1cc(F)ccc1Br. The molecular weight excluding hydrogens is 375 g/mol. The Bertz CT molecular complexity index is 638. The molecule has 0 fully saturated rings. The highest BCUT2D eigenvalue weighted by Crippen LogP contribution is 2.23. The van der Waals surface area contributed by atoms with E-state index in [0.717, 1.165) is 14.5 Å². The van der Waals surface area contributed by atoms with E-state index >= 15 is 0 Å². The molecule has 0 aliphatic carbocycles. The van der Waals surface area contributed by atoms with E-state index in [4.69, 9.17) is 0 Å². The summed E-state index contributed by atoms with van der Waals surface area (Å²) in [6, 6.07) is 9.87. The van der Waals surface area contributed by atoms with Gasteiger partial charge in [0.25, 0.3) is 0 Å². The zero-order valence-corrected chi connectivity index (χ0v) is 13.4. The highest BCUT2D eigenvalue weighted by atomic mass is 79.9. The van der Waals surface area contributed by atoms with Crippen LogP contribution in [-0.2, 0) is 6.42 Å². The van der Waals surface area contributed by atoms with E-state index in [0.29, 0.717) is 11.1 Å². The normalized spacial score (nSPS) is 10.5. The fourth-order valence-corrected chi connectivity index (χ4v) is 2.61. The Morgan fingerprint density at radius 2 is 1.89 bits per heavy atom. The van der Waals surface area contributed by atoms with Gasteiger partial charge in [-0.3, -0.25) is 4.79 Å². The molecular formula is C15H11Br2FO. The number of rotatable bonds is 3. The molecule has 0 amide bonds. The lowest BCUT2D eigenvalue weighted by Crippen LogP contribution is -2.06. The lowest BCUT2D eigenvalue weighted by molar-refractivity contribution is 0.0992. The number of Topliss-reactive ketones (excluding diaryl/α,β-unsaturated/α-hetero) is 1. The first-order valence-corrected chi connectivity index (χ1v) is 7.30. The first kappa shape index (κ1) is 14.4. The van der Waals surface area contributed by atoms with E-state index in [1.54, 1.807) is 12.1 Å². The Hall–Kier alpha value is -1.00. The van der Waals surface area contributed by atoms with Gasteiger partial charge in [-0.15, -0.1) is 0 Å².